The van der Waals surface area contributed by atoms with Crippen molar-refractivity contribution < 1.29 is 9.90 Å². The molecule has 0 aromatic carbocycles. The largest absolute Gasteiger partial charge is 0.480 e. The Hall–Kier alpha value is -1.36. The summed E-state index contributed by atoms with van der Waals surface area (Å²) in [6.07, 6.45) is 8.05. The molecule has 1 atom stereocenters. The van der Waals surface area contributed by atoms with E-state index in [9.17, 15) is 4.79 Å². The van der Waals surface area contributed by atoms with Crippen molar-refractivity contribution >= 4 is 5.97 Å². The molecule has 0 aliphatic heterocycles. The van der Waals surface area contributed by atoms with Crippen molar-refractivity contribution in [3.63, 3.8) is 0 Å². The molecule has 0 aliphatic rings. The number of hydrogen-bond donors (Lipinski definition) is 2. The average molecular weight is 239 g/mol. The van der Waals surface area contributed by atoms with Crippen molar-refractivity contribution in [3.05, 3.63) is 18.7 Å². The summed E-state index contributed by atoms with van der Waals surface area (Å²) in [5, 5.41) is 12.2. The summed E-state index contributed by atoms with van der Waals surface area (Å²) in [5.74, 6) is -0.783. The molecule has 96 valence electrons. The van der Waals surface area contributed by atoms with Crippen LogP contribution < -0.4 is 5.32 Å². The predicted molar refractivity (Wildman–Crippen MR) is 65.8 cm³/mol. The Morgan fingerprint density at radius 1 is 1.53 bits per heavy atom. The number of imidazole rings is 1. The molecule has 0 amide bonds. The van der Waals surface area contributed by atoms with E-state index in [2.05, 4.69) is 10.3 Å². The molecular formula is C12H21N3O2. The zero-order valence-corrected chi connectivity index (χ0v) is 10.5. The van der Waals surface area contributed by atoms with Gasteiger partial charge in [0.15, 0.2) is 0 Å². The third-order valence-electron chi connectivity index (χ3n) is 3.10. The lowest BCUT2D eigenvalue weighted by Gasteiger charge is -2.24. The van der Waals surface area contributed by atoms with Gasteiger partial charge in [-0.2, -0.15) is 0 Å². The molecule has 1 heterocycles. The molecule has 5 heteroatoms. The monoisotopic (exact) mass is 239 g/mol. The first-order valence-electron chi connectivity index (χ1n) is 6.02. The number of carboxylic acid groups (broad SMARTS) is 1. The third-order valence-corrected chi connectivity index (χ3v) is 3.10. The van der Waals surface area contributed by atoms with Crippen LogP contribution in [0.25, 0.3) is 0 Å². The van der Waals surface area contributed by atoms with Crippen LogP contribution in [0.4, 0.5) is 0 Å². The number of hydrogen-bond acceptors (Lipinski definition) is 3. The van der Waals surface area contributed by atoms with Gasteiger partial charge >= 0.3 is 5.97 Å². The Labute approximate surface area is 102 Å². The van der Waals surface area contributed by atoms with Crippen molar-refractivity contribution in [1.29, 1.82) is 0 Å². The lowest BCUT2D eigenvalue weighted by atomic mass is 9.99. The Morgan fingerprint density at radius 2 is 2.29 bits per heavy atom. The second-order valence-corrected chi connectivity index (χ2v) is 4.43. The van der Waals surface area contributed by atoms with E-state index >= 15 is 0 Å². The van der Waals surface area contributed by atoms with Gasteiger partial charge in [-0.15, -0.1) is 0 Å². The van der Waals surface area contributed by atoms with E-state index in [4.69, 9.17) is 5.11 Å². The molecule has 0 aliphatic carbocycles. The van der Waals surface area contributed by atoms with E-state index in [0.29, 0.717) is 6.42 Å². The zero-order valence-electron chi connectivity index (χ0n) is 10.5. The minimum absolute atomic E-state index is 0.587. The normalized spacial score (nSPS) is 14.5. The molecule has 0 saturated heterocycles. The van der Waals surface area contributed by atoms with Crippen molar-refractivity contribution in [3.8, 4) is 0 Å². The maximum atomic E-state index is 11.0. The molecule has 0 spiro atoms. The van der Waals surface area contributed by atoms with Crippen LogP contribution in [0.3, 0.4) is 0 Å². The maximum absolute atomic E-state index is 11.0. The smallest absolute Gasteiger partial charge is 0.323 e. The molecule has 0 bridgehead atoms. The lowest BCUT2D eigenvalue weighted by molar-refractivity contribution is -0.144. The number of nitrogens with zero attached hydrogens (tertiary/aromatic N) is 2. The van der Waals surface area contributed by atoms with Gasteiger partial charge in [0.1, 0.15) is 5.54 Å². The van der Waals surface area contributed by atoms with Crippen LogP contribution in [0.1, 0.15) is 33.1 Å². The summed E-state index contributed by atoms with van der Waals surface area (Å²) in [6.45, 7) is 5.26. The minimum atomic E-state index is -0.797. The van der Waals surface area contributed by atoms with Gasteiger partial charge in [0.05, 0.1) is 6.33 Å². The minimum Gasteiger partial charge on any atom is -0.480 e. The number of rotatable bonds is 8. The van der Waals surface area contributed by atoms with E-state index in [-0.39, 0.29) is 0 Å². The van der Waals surface area contributed by atoms with Crippen LogP contribution in [0.2, 0.25) is 0 Å². The Balaban J connectivity index is 2.17. The second kappa shape index (κ2) is 6.39. The van der Waals surface area contributed by atoms with E-state index in [1.807, 2.05) is 17.7 Å². The molecule has 17 heavy (non-hydrogen) atoms. The summed E-state index contributed by atoms with van der Waals surface area (Å²) in [7, 11) is 0. The molecule has 2 N–H and O–H groups in total. The van der Waals surface area contributed by atoms with Gasteiger partial charge in [-0.1, -0.05) is 6.92 Å². The quantitative estimate of drug-likeness (QED) is 0.675. The van der Waals surface area contributed by atoms with Crippen molar-refractivity contribution in [2.75, 3.05) is 6.54 Å². The van der Waals surface area contributed by atoms with Gasteiger partial charge in [-0.25, -0.2) is 4.98 Å². The Bertz CT molecular complexity index is 338. The summed E-state index contributed by atoms with van der Waals surface area (Å²) < 4.78 is 2.02. The predicted octanol–water partition coefficient (Wildman–Crippen LogP) is 1.51. The first-order chi connectivity index (χ1) is 8.08. The lowest BCUT2D eigenvalue weighted by Crippen LogP contribution is -2.49. The Kier molecular flexibility index (Phi) is 5.15. The Morgan fingerprint density at radius 3 is 2.82 bits per heavy atom. The van der Waals surface area contributed by atoms with Gasteiger partial charge in [-0.05, 0) is 32.7 Å². The van der Waals surface area contributed by atoms with Gasteiger partial charge in [0.2, 0.25) is 0 Å². The van der Waals surface area contributed by atoms with Gasteiger partial charge in [0.25, 0.3) is 0 Å². The molecule has 1 unspecified atom stereocenters. The molecule has 0 radical (unpaired) electrons. The summed E-state index contributed by atoms with van der Waals surface area (Å²) in [5.41, 5.74) is -0.797. The summed E-state index contributed by atoms with van der Waals surface area (Å²) >= 11 is 0. The van der Waals surface area contributed by atoms with Crippen LogP contribution in [0.15, 0.2) is 18.7 Å². The highest BCUT2D eigenvalue weighted by molar-refractivity contribution is 5.78. The fourth-order valence-electron chi connectivity index (χ4n) is 1.55. The number of aryl methyl sites for hydroxylation is 1. The van der Waals surface area contributed by atoms with Crippen LogP contribution in [0, 0.1) is 0 Å². The number of carbonyl (C=O) groups is 1. The number of nitrogens with one attached hydrogen (secondary N) is 1. The third kappa shape index (κ3) is 4.19. The van der Waals surface area contributed by atoms with Crippen molar-refractivity contribution in [2.45, 2.75) is 45.2 Å². The molecular weight excluding hydrogens is 218 g/mol. The summed E-state index contributed by atoms with van der Waals surface area (Å²) in [6, 6.07) is 0. The highest BCUT2D eigenvalue weighted by Gasteiger charge is 2.29. The average Bonchev–Trinajstić information content (AvgIpc) is 2.81. The van der Waals surface area contributed by atoms with Crippen LogP contribution >= 0.6 is 0 Å². The molecule has 1 rings (SSSR count). The standard InChI is InChI=1S/C12H21N3O2/c1-3-12(2,11(16)17)14-6-4-5-8-15-9-7-13-10-15/h7,9-10,14H,3-6,8H2,1-2H3,(H,16,17). The number of unbranched alkanes of at least 4 members (excludes halogenated alkanes) is 1. The molecule has 0 saturated carbocycles. The molecule has 1 aromatic heterocycles. The first-order valence-corrected chi connectivity index (χ1v) is 6.02. The first kappa shape index (κ1) is 13.7. The van der Waals surface area contributed by atoms with Crippen LogP contribution in [-0.4, -0.2) is 32.7 Å². The van der Waals surface area contributed by atoms with Gasteiger partial charge < -0.3 is 15.0 Å². The molecule has 5 nitrogen and oxygen atoms in total. The highest BCUT2D eigenvalue weighted by atomic mass is 16.4. The van der Waals surface area contributed by atoms with Crippen LogP contribution in [-0.2, 0) is 11.3 Å². The fraction of sp³-hybridized carbons (Fsp3) is 0.667. The fourth-order valence-corrected chi connectivity index (χ4v) is 1.55. The zero-order chi connectivity index (χ0) is 12.7. The number of carboxylic acids is 1. The van der Waals surface area contributed by atoms with Gasteiger partial charge in [0, 0.05) is 18.9 Å². The molecule has 1 aromatic rings. The van der Waals surface area contributed by atoms with Crippen molar-refractivity contribution in [1.82, 2.24) is 14.9 Å². The van der Waals surface area contributed by atoms with Gasteiger partial charge in [-0.3, -0.25) is 4.79 Å². The maximum Gasteiger partial charge on any atom is 0.323 e. The van der Waals surface area contributed by atoms with E-state index < -0.39 is 11.5 Å². The van der Waals surface area contributed by atoms with E-state index in [0.717, 1.165) is 25.9 Å². The SMILES string of the molecule is CCC(C)(NCCCCn1ccnc1)C(=O)O. The van der Waals surface area contributed by atoms with E-state index in [1.165, 1.54) is 0 Å². The van der Waals surface area contributed by atoms with Crippen LogP contribution in [0.5, 0.6) is 0 Å². The van der Waals surface area contributed by atoms with Crippen molar-refractivity contribution in [2.24, 2.45) is 0 Å². The number of aliphatic carboxylic acids is 1. The molecule has 0 fully saturated rings. The topological polar surface area (TPSA) is 67.2 Å². The second-order valence-electron chi connectivity index (χ2n) is 4.43. The highest BCUT2D eigenvalue weighted by Crippen LogP contribution is 2.09. The number of aromatic nitrogens is 2. The van der Waals surface area contributed by atoms with E-state index in [1.54, 1.807) is 19.4 Å². The summed E-state index contributed by atoms with van der Waals surface area (Å²) in [4.78, 5) is 15.0.